The zero-order valence-corrected chi connectivity index (χ0v) is 14.3. The fourth-order valence-corrected chi connectivity index (χ4v) is 2.35. The van der Waals surface area contributed by atoms with E-state index in [1.807, 2.05) is 18.2 Å². The summed E-state index contributed by atoms with van der Waals surface area (Å²) in [5.41, 5.74) is 3.28. The molecule has 0 unspecified atom stereocenters. The fraction of sp³-hybridized carbons (Fsp3) is 0.100. The molecule has 0 aliphatic carbocycles. The van der Waals surface area contributed by atoms with Gasteiger partial charge in [0.1, 0.15) is 0 Å². The molecule has 1 amide bonds. The highest BCUT2D eigenvalue weighted by molar-refractivity contribution is 6.04. The molecule has 2 heterocycles. The minimum atomic E-state index is -0.269. The Kier molecular flexibility index (Phi) is 5.34. The van der Waals surface area contributed by atoms with Gasteiger partial charge in [-0.05, 0) is 49.4 Å². The van der Waals surface area contributed by atoms with Crippen molar-refractivity contribution in [3.8, 4) is 0 Å². The first-order chi connectivity index (χ1) is 12.6. The third-order valence-corrected chi connectivity index (χ3v) is 3.75. The summed E-state index contributed by atoms with van der Waals surface area (Å²) in [4.78, 5) is 32.0. The third kappa shape index (κ3) is 4.51. The molecule has 6 nitrogen and oxygen atoms in total. The minimum Gasteiger partial charge on any atom is -0.378 e. The van der Waals surface area contributed by atoms with Crippen LogP contribution in [0.25, 0.3) is 0 Å². The average Bonchev–Trinajstić information content (AvgIpc) is 2.68. The van der Waals surface area contributed by atoms with Crippen molar-refractivity contribution in [1.82, 2.24) is 9.97 Å². The van der Waals surface area contributed by atoms with Crippen LogP contribution in [0.4, 0.5) is 11.4 Å². The number of carbonyl (C=O) groups excluding carboxylic acids is 2. The van der Waals surface area contributed by atoms with Gasteiger partial charge in [-0.15, -0.1) is 0 Å². The van der Waals surface area contributed by atoms with Gasteiger partial charge in [-0.1, -0.05) is 6.07 Å². The molecule has 0 fully saturated rings. The molecule has 0 aliphatic heterocycles. The van der Waals surface area contributed by atoms with Crippen molar-refractivity contribution in [2.75, 3.05) is 10.6 Å². The predicted octanol–water partition coefficient (Wildman–Crippen LogP) is 3.54. The Labute approximate surface area is 151 Å². The molecule has 6 heteroatoms. The standard InChI is InChI=1S/C20H18N4O2/c1-14(25)15-5-7-17(8-6-15)24-20(26)16-10-19(12-21-11-16)23-13-18-4-2-3-9-22-18/h2-12,23H,13H2,1H3,(H,24,26). The van der Waals surface area contributed by atoms with Gasteiger partial charge in [0.25, 0.3) is 5.91 Å². The summed E-state index contributed by atoms with van der Waals surface area (Å²) in [5, 5.41) is 5.99. The highest BCUT2D eigenvalue weighted by atomic mass is 16.1. The van der Waals surface area contributed by atoms with Gasteiger partial charge in [0.05, 0.1) is 23.5 Å². The first kappa shape index (κ1) is 17.3. The number of aromatic nitrogens is 2. The molecule has 0 saturated carbocycles. The summed E-state index contributed by atoms with van der Waals surface area (Å²) in [6.45, 7) is 2.04. The Morgan fingerprint density at radius 1 is 0.962 bits per heavy atom. The first-order valence-corrected chi connectivity index (χ1v) is 8.13. The number of pyridine rings is 2. The predicted molar refractivity (Wildman–Crippen MR) is 100 cm³/mol. The van der Waals surface area contributed by atoms with E-state index in [-0.39, 0.29) is 11.7 Å². The van der Waals surface area contributed by atoms with E-state index in [9.17, 15) is 9.59 Å². The highest BCUT2D eigenvalue weighted by Crippen LogP contribution is 2.14. The maximum Gasteiger partial charge on any atom is 0.257 e. The smallest absolute Gasteiger partial charge is 0.257 e. The lowest BCUT2D eigenvalue weighted by Crippen LogP contribution is -2.13. The van der Waals surface area contributed by atoms with Crippen LogP contribution < -0.4 is 10.6 Å². The van der Waals surface area contributed by atoms with Gasteiger partial charge in [-0.3, -0.25) is 19.6 Å². The molecule has 2 N–H and O–H groups in total. The van der Waals surface area contributed by atoms with Gasteiger partial charge in [0.2, 0.25) is 0 Å². The number of carbonyl (C=O) groups is 2. The number of nitrogens with zero attached hydrogens (tertiary/aromatic N) is 2. The molecule has 2 aromatic heterocycles. The lowest BCUT2D eigenvalue weighted by Gasteiger charge is -2.09. The summed E-state index contributed by atoms with van der Waals surface area (Å²) >= 11 is 0. The molecular formula is C20H18N4O2. The van der Waals surface area contributed by atoms with Crippen LogP contribution in [0.3, 0.4) is 0 Å². The SMILES string of the molecule is CC(=O)c1ccc(NC(=O)c2cncc(NCc3ccccn3)c2)cc1. The van der Waals surface area contributed by atoms with E-state index in [4.69, 9.17) is 0 Å². The second-order valence-corrected chi connectivity index (χ2v) is 5.72. The monoisotopic (exact) mass is 346 g/mol. The van der Waals surface area contributed by atoms with Gasteiger partial charge in [0.15, 0.2) is 5.78 Å². The van der Waals surface area contributed by atoms with Gasteiger partial charge in [-0.25, -0.2) is 0 Å². The summed E-state index contributed by atoms with van der Waals surface area (Å²) in [5.74, 6) is -0.284. The van der Waals surface area contributed by atoms with E-state index in [1.165, 1.54) is 13.1 Å². The summed E-state index contributed by atoms with van der Waals surface area (Å²) in [7, 11) is 0. The minimum absolute atomic E-state index is 0.0150. The molecule has 0 saturated heterocycles. The Balaban J connectivity index is 1.65. The van der Waals surface area contributed by atoms with Crippen LogP contribution in [0.1, 0.15) is 33.3 Å². The number of ketones is 1. The van der Waals surface area contributed by atoms with Gasteiger partial charge < -0.3 is 10.6 Å². The largest absolute Gasteiger partial charge is 0.378 e. The molecule has 0 spiro atoms. The summed E-state index contributed by atoms with van der Waals surface area (Å²) in [6, 6.07) is 14.2. The Bertz CT molecular complexity index is 909. The third-order valence-electron chi connectivity index (χ3n) is 3.75. The molecule has 130 valence electrons. The number of hydrogen-bond acceptors (Lipinski definition) is 5. The van der Waals surface area contributed by atoms with E-state index in [1.54, 1.807) is 42.7 Å². The van der Waals surface area contributed by atoms with Crippen LogP contribution in [0.5, 0.6) is 0 Å². The summed E-state index contributed by atoms with van der Waals surface area (Å²) < 4.78 is 0. The number of nitrogens with one attached hydrogen (secondary N) is 2. The molecule has 26 heavy (non-hydrogen) atoms. The van der Waals surface area contributed by atoms with Crippen molar-refractivity contribution in [2.45, 2.75) is 13.5 Å². The van der Waals surface area contributed by atoms with E-state index in [0.29, 0.717) is 23.4 Å². The number of amides is 1. The van der Waals surface area contributed by atoms with E-state index in [2.05, 4.69) is 20.6 Å². The van der Waals surface area contributed by atoms with Gasteiger partial charge in [-0.2, -0.15) is 0 Å². The molecule has 0 atom stereocenters. The topological polar surface area (TPSA) is 84.0 Å². The number of hydrogen-bond donors (Lipinski definition) is 2. The Morgan fingerprint density at radius 3 is 2.46 bits per heavy atom. The van der Waals surface area contributed by atoms with Crippen molar-refractivity contribution < 1.29 is 9.59 Å². The second-order valence-electron chi connectivity index (χ2n) is 5.72. The number of rotatable bonds is 6. The maximum atomic E-state index is 12.4. The van der Waals surface area contributed by atoms with Crippen LogP contribution in [-0.2, 0) is 6.54 Å². The molecule has 0 aliphatic rings. The van der Waals surface area contributed by atoms with Crippen molar-refractivity contribution in [1.29, 1.82) is 0 Å². The van der Waals surface area contributed by atoms with Crippen molar-refractivity contribution in [3.05, 3.63) is 83.9 Å². The van der Waals surface area contributed by atoms with Crippen molar-refractivity contribution in [3.63, 3.8) is 0 Å². The molecule has 0 bridgehead atoms. The summed E-state index contributed by atoms with van der Waals surface area (Å²) in [6.07, 6.45) is 4.89. The van der Waals surface area contributed by atoms with Crippen LogP contribution in [0, 0.1) is 0 Å². The fourth-order valence-electron chi connectivity index (χ4n) is 2.35. The van der Waals surface area contributed by atoms with Gasteiger partial charge in [0, 0.05) is 29.8 Å². The lowest BCUT2D eigenvalue weighted by atomic mass is 10.1. The normalized spacial score (nSPS) is 10.2. The Hall–Kier alpha value is -3.54. The van der Waals surface area contributed by atoms with Crippen LogP contribution >= 0.6 is 0 Å². The number of Topliss-reactive ketones (excluding diaryl/α,β-unsaturated/α-hetero) is 1. The molecular weight excluding hydrogens is 328 g/mol. The average molecular weight is 346 g/mol. The highest BCUT2D eigenvalue weighted by Gasteiger charge is 2.08. The molecule has 3 rings (SSSR count). The molecule has 0 radical (unpaired) electrons. The lowest BCUT2D eigenvalue weighted by molar-refractivity contribution is 0.101. The van der Waals surface area contributed by atoms with E-state index >= 15 is 0 Å². The van der Waals surface area contributed by atoms with E-state index in [0.717, 1.165) is 11.4 Å². The molecule has 3 aromatic rings. The van der Waals surface area contributed by atoms with Gasteiger partial charge >= 0.3 is 0 Å². The Morgan fingerprint density at radius 2 is 1.77 bits per heavy atom. The van der Waals surface area contributed by atoms with Crippen molar-refractivity contribution >= 4 is 23.1 Å². The zero-order chi connectivity index (χ0) is 18.4. The van der Waals surface area contributed by atoms with Crippen LogP contribution in [-0.4, -0.2) is 21.7 Å². The zero-order valence-electron chi connectivity index (χ0n) is 14.3. The first-order valence-electron chi connectivity index (χ1n) is 8.13. The second kappa shape index (κ2) is 8.02. The quantitative estimate of drug-likeness (QED) is 0.667. The van der Waals surface area contributed by atoms with Crippen LogP contribution in [0.15, 0.2) is 67.1 Å². The molecule has 1 aromatic carbocycles. The van der Waals surface area contributed by atoms with Crippen LogP contribution in [0.2, 0.25) is 0 Å². The maximum absolute atomic E-state index is 12.4. The van der Waals surface area contributed by atoms with E-state index < -0.39 is 0 Å². The number of benzene rings is 1. The number of anilines is 2. The van der Waals surface area contributed by atoms with Crippen molar-refractivity contribution in [2.24, 2.45) is 0 Å².